The van der Waals surface area contributed by atoms with Crippen molar-refractivity contribution in [2.24, 2.45) is 0 Å². The number of carbonyl (C=O) groups is 1. The molecule has 0 radical (unpaired) electrons. The number of aromatic nitrogens is 4. The van der Waals surface area contributed by atoms with Gasteiger partial charge in [-0.15, -0.1) is 0 Å². The molecule has 2 aromatic heterocycles. The molecule has 1 N–H and O–H groups in total. The molecule has 0 aliphatic heterocycles. The Kier molecular flexibility index (Phi) is 5.53. The van der Waals surface area contributed by atoms with Crippen LogP contribution >= 0.6 is 11.8 Å². The van der Waals surface area contributed by atoms with Gasteiger partial charge in [-0.2, -0.15) is 14.6 Å². The summed E-state index contributed by atoms with van der Waals surface area (Å²) in [6, 6.07) is 15.6. The van der Waals surface area contributed by atoms with Gasteiger partial charge in [-0.05, 0) is 54.4 Å². The number of fused-ring (bicyclic) bond motifs is 1. The minimum absolute atomic E-state index is 0.120. The number of hydrogen-bond acceptors (Lipinski definition) is 5. The quantitative estimate of drug-likeness (QED) is 0.486. The number of nitrogens with one attached hydrogen (secondary N) is 1. The zero-order chi connectivity index (χ0) is 20.2. The van der Waals surface area contributed by atoms with Crippen molar-refractivity contribution in [1.29, 1.82) is 0 Å². The molecule has 0 fully saturated rings. The van der Waals surface area contributed by atoms with Gasteiger partial charge in [0.15, 0.2) is 0 Å². The first-order valence-electron chi connectivity index (χ1n) is 9.12. The summed E-state index contributed by atoms with van der Waals surface area (Å²) in [5.74, 6) is 0.0376. The Bertz CT molecular complexity index is 1160. The second-order valence-electron chi connectivity index (χ2n) is 6.39. The van der Waals surface area contributed by atoms with E-state index in [0.717, 1.165) is 22.0 Å². The number of aryl methyl sites for hydroxylation is 1. The van der Waals surface area contributed by atoms with Crippen LogP contribution in [0.4, 0.5) is 10.1 Å². The van der Waals surface area contributed by atoms with Crippen molar-refractivity contribution in [3.8, 4) is 0 Å². The van der Waals surface area contributed by atoms with Gasteiger partial charge in [0.2, 0.25) is 5.91 Å². The maximum absolute atomic E-state index is 13.2. The van der Waals surface area contributed by atoms with Crippen LogP contribution in [0.15, 0.2) is 70.8 Å². The Morgan fingerprint density at radius 2 is 2.00 bits per heavy atom. The highest BCUT2D eigenvalue weighted by Crippen LogP contribution is 2.29. The molecule has 0 aliphatic rings. The van der Waals surface area contributed by atoms with E-state index in [-0.39, 0.29) is 18.1 Å². The van der Waals surface area contributed by atoms with E-state index in [1.165, 1.54) is 18.5 Å². The van der Waals surface area contributed by atoms with Gasteiger partial charge in [0.05, 0.1) is 6.42 Å². The number of benzene rings is 2. The van der Waals surface area contributed by atoms with E-state index in [2.05, 4.69) is 20.4 Å². The molecule has 1 amide bonds. The van der Waals surface area contributed by atoms with Gasteiger partial charge in [-0.25, -0.2) is 9.37 Å². The highest BCUT2D eigenvalue weighted by molar-refractivity contribution is 7.99. The third kappa shape index (κ3) is 4.60. The Balaban J connectivity index is 1.44. The van der Waals surface area contributed by atoms with Gasteiger partial charge in [-0.1, -0.05) is 30.8 Å². The molecule has 0 aliphatic carbocycles. The molecule has 2 aromatic carbocycles. The Morgan fingerprint density at radius 3 is 2.76 bits per heavy atom. The second kappa shape index (κ2) is 8.40. The molecule has 146 valence electrons. The average molecular weight is 407 g/mol. The van der Waals surface area contributed by atoms with Gasteiger partial charge in [0, 0.05) is 16.3 Å². The minimum atomic E-state index is -0.347. The molecule has 4 rings (SSSR count). The summed E-state index contributed by atoms with van der Waals surface area (Å²) in [6.45, 7) is 2.05. The first kappa shape index (κ1) is 19.1. The normalized spacial score (nSPS) is 11.0. The molecule has 29 heavy (non-hydrogen) atoms. The van der Waals surface area contributed by atoms with Crippen molar-refractivity contribution in [2.45, 2.75) is 29.7 Å². The molecule has 2 heterocycles. The van der Waals surface area contributed by atoms with Crippen molar-refractivity contribution >= 4 is 29.1 Å². The molecule has 0 unspecified atom stereocenters. The molecule has 6 nitrogen and oxygen atoms in total. The highest BCUT2D eigenvalue weighted by Gasteiger charge is 2.09. The van der Waals surface area contributed by atoms with Gasteiger partial charge >= 0.3 is 0 Å². The van der Waals surface area contributed by atoms with E-state index in [4.69, 9.17) is 0 Å². The van der Waals surface area contributed by atoms with Crippen LogP contribution in [0.25, 0.3) is 5.78 Å². The van der Waals surface area contributed by atoms with Crippen molar-refractivity contribution in [3.63, 3.8) is 0 Å². The van der Waals surface area contributed by atoms with Crippen LogP contribution in [0.3, 0.4) is 0 Å². The third-order valence-electron chi connectivity index (χ3n) is 4.25. The SMILES string of the molecule is CCc1cc(Sc2ccc(NC(=O)Cc3cccc(F)c3)cc2)n2ncnc2n1. The zero-order valence-corrected chi connectivity index (χ0v) is 16.5. The average Bonchev–Trinajstić information content (AvgIpc) is 3.18. The number of rotatable bonds is 6. The maximum atomic E-state index is 13.2. The van der Waals surface area contributed by atoms with E-state index in [1.807, 2.05) is 37.3 Å². The summed E-state index contributed by atoms with van der Waals surface area (Å²) >= 11 is 1.55. The van der Waals surface area contributed by atoms with Gasteiger partial charge in [0.1, 0.15) is 17.2 Å². The predicted octanol–water partition coefficient (Wildman–Crippen LogP) is 4.16. The summed E-state index contributed by atoms with van der Waals surface area (Å²) in [5.41, 5.74) is 2.27. The Hall–Kier alpha value is -3.26. The predicted molar refractivity (Wildman–Crippen MR) is 109 cm³/mol. The van der Waals surface area contributed by atoms with E-state index in [9.17, 15) is 9.18 Å². The number of hydrogen-bond donors (Lipinski definition) is 1. The fourth-order valence-corrected chi connectivity index (χ4v) is 3.77. The lowest BCUT2D eigenvalue weighted by Gasteiger charge is -2.08. The van der Waals surface area contributed by atoms with E-state index in [0.29, 0.717) is 17.0 Å². The number of halogens is 1. The molecule has 4 aromatic rings. The molecule has 0 saturated carbocycles. The maximum Gasteiger partial charge on any atom is 0.253 e. The van der Waals surface area contributed by atoms with Crippen LogP contribution in [0.5, 0.6) is 0 Å². The second-order valence-corrected chi connectivity index (χ2v) is 7.49. The van der Waals surface area contributed by atoms with Crippen LogP contribution in [0.2, 0.25) is 0 Å². The first-order valence-corrected chi connectivity index (χ1v) is 9.94. The minimum Gasteiger partial charge on any atom is -0.326 e. The van der Waals surface area contributed by atoms with Crippen LogP contribution in [0.1, 0.15) is 18.2 Å². The van der Waals surface area contributed by atoms with E-state index < -0.39 is 0 Å². The Morgan fingerprint density at radius 1 is 1.17 bits per heavy atom. The van der Waals surface area contributed by atoms with Gasteiger partial charge in [-0.3, -0.25) is 4.79 Å². The largest absolute Gasteiger partial charge is 0.326 e. The van der Waals surface area contributed by atoms with E-state index >= 15 is 0 Å². The number of anilines is 1. The van der Waals surface area contributed by atoms with Crippen LogP contribution in [0, 0.1) is 5.82 Å². The number of amides is 1. The molecule has 0 atom stereocenters. The first-order chi connectivity index (χ1) is 14.1. The molecular weight excluding hydrogens is 389 g/mol. The monoisotopic (exact) mass is 407 g/mol. The topological polar surface area (TPSA) is 72.2 Å². The van der Waals surface area contributed by atoms with Crippen molar-refractivity contribution in [3.05, 3.63) is 78.0 Å². The molecular formula is C21H18FN5OS. The number of nitrogens with zero attached hydrogens (tertiary/aromatic N) is 4. The van der Waals surface area contributed by atoms with Crippen molar-refractivity contribution < 1.29 is 9.18 Å². The number of carbonyl (C=O) groups excluding carboxylic acids is 1. The lowest BCUT2D eigenvalue weighted by molar-refractivity contribution is -0.115. The smallest absolute Gasteiger partial charge is 0.253 e. The van der Waals surface area contributed by atoms with Crippen molar-refractivity contribution in [2.75, 3.05) is 5.32 Å². The summed E-state index contributed by atoms with van der Waals surface area (Å²) in [6.07, 6.45) is 2.42. The summed E-state index contributed by atoms with van der Waals surface area (Å²) in [7, 11) is 0. The lowest BCUT2D eigenvalue weighted by atomic mass is 10.1. The van der Waals surface area contributed by atoms with E-state index in [1.54, 1.807) is 28.4 Å². The highest BCUT2D eigenvalue weighted by atomic mass is 32.2. The standard InChI is InChI=1S/C21H18FN5OS/c1-2-16-12-20(27-21(26-16)23-13-24-27)29-18-8-6-17(7-9-18)25-19(28)11-14-4-3-5-15(22)10-14/h3-10,12-13H,2,11H2,1H3,(H,25,28). The van der Waals surface area contributed by atoms with Crippen LogP contribution < -0.4 is 5.32 Å². The summed E-state index contributed by atoms with van der Waals surface area (Å²) in [4.78, 5) is 21.8. The lowest BCUT2D eigenvalue weighted by Crippen LogP contribution is -2.14. The fraction of sp³-hybridized carbons (Fsp3) is 0.143. The fourth-order valence-electron chi connectivity index (χ4n) is 2.85. The third-order valence-corrected chi connectivity index (χ3v) is 5.26. The molecule has 0 spiro atoms. The summed E-state index contributed by atoms with van der Waals surface area (Å²) < 4.78 is 15.0. The molecule has 0 bridgehead atoms. The van der Waals surface area contributed by atoms with Crippen LogP contribution in [-0.4, -0.2) is 25.5 Å². The van der Waals surface area contributed by atoms with Crippen molar-refractivity contribution in [1.82, 2.24) is 19.6 Å². The van der Waals surface area contributed by atoms with Gasteiger partial charge in [0.25, 0.3) is 5.78 Å². The van der Waals surface area contributed by atoms with Gasteiger partial charge < -0.3 is 5.32 Å². The molecule has 0 saturated heterocycles. The molecule has 8 heteroatoms. The summed E-state index contributed by atoms with van der Waals surface area (Å²) in [5, 5.41) is 7.99. The Labute approximate surface area is 171 Å². The van der Waals surface area contributed by atoms with Crippen LogP contribution in [-0.2, 0) is 17.6 Å². The zero-order valence-electron chi connectivity index (χ0n) is 15.7.